The predicted molar refractivity (Wildman–Crippen MR) is 87.8 cm³/mol. The number of hydrogen-bond donors (Lipinski definition) is 1. The lowest BCUT2D eigenvalue weighted by atomic mass is 9.78. The van der Waals surface area contributed by atoms with Crippen molar-refractivity contribution >= 4 is 11.6 Å². The third-order valence-electron chi connectivity index (χ3n) is 5.34. The maximum atomic E-state index is 6.54. The lowest BCUT2D eigenvalue weighted by Crippen LogP contribution is -2.38. The van der Waals surface area contributed by atoms with Gasteiger partial charge in [-0.2, -0.15) is 5.10 Å². The molecule has 1 aromatic heterocycles. The average Bonchev–Trinajstić information content (AvgIpc) is 2.97. The highest BCUT2D eigenvalue weighted by atomic mass is 35.5. The van der Waals surface area contributed by atoms with Crippen LogP contribution in [0.5, 0.6) is 0 Å². The van der Waals surface area contributed by atoms with Gasteiger partial charge in [0.15, 0.2) is 0 Å². The second kappa shape index (κ2) is 5.58. The molecule has 0 aromatic carbocycles. The third-order valence-corrected chi connectivity index (χ3v) is 5.83. The quantitative estimate of drug-likeness (QED) is 0.865. The van der Waals surface area contributed by atoms with Crippen molar-refractivity contribution in [3.05, 3.63) is 16.4 Å². The maximum absolute atomic E-state index is 6.54. The molecule has 2 unspecified atom stereocenters. The van der Waals surface area contributed by atoms with E-state index in [4.69, 9.17) is 11.6 Å². The van der Waals surface area contributed by atoms with Gasteiger partial charge in [-0.1, -0.05) is 25.4 Å². The summed E-state index contributed by atoms with van der Waals surface area (Å²) in [4.78, 5) is 0. The molecule has 0 saturated heterocycles. The molecule has 0 aliphatic heterocycles. The Bertz CT molecular complexity index is 510. The molecule has 3 rings (SSSR count). The molecule has 2 saturated carbocycles. The van der Waals surface area contributed by atoms with Gasteiger partial charge in [0, 0.05) is 19.1 Å². The zero-order valence-corrected chi connectivity index (χ0v) is 14.5. The van der Waals surface area contributed by atoms with Gasteiger partial charge in [-0.05, 0) is 56.8 Å². The minimum atomic E-state index is 0.390. The number of fused-ring (bicyclic) bond motifs is 1. The summed E-state index contributed by atoms with van der Waals surface area (Å²) in [6.07, 6.45) is 5.26. The topological polar surface area (TPSA) is 29.9 Å². The zero-order chi connectivity index (χ0) is 15.2. The number of nitrogens with zero attached hydrogens (tertiary/aromatic N) is 2. The summed E-state index contributed by atoms with van der Waals surface area (Å²) >= 11 is 6.54. The molecular weight excluding hydrogens is 282 g/mol. The first-order valence-electron chi connectivity index (χ1n) is 8.39. The van der Waals surface area contributed by atoms with Crippen molar-refractivity contribution in [2.45, 2.75) is 66.0 Å². The van der Waals surface area contributed by atoms with Crippen molar-refractivity contribution in [1.82, 2.24) is 15.1 Å². The first kappa shape index (κ1) is 15.4. The molecule has 0 spiro atoms. The van der Waals surface area contributed by atoms with E-state index in [2.05, 4.69) is 35.9 Å². The molecule has 3 nitrogen and oxygen atoms in total. The van der Waals surface area contributed by atoms with Crippen LogP contribution < -0.4 is 5.32 Å². The second-order valence-corrected chi connectivity index (χ2v) is 7.92. The molecule has 0 amide bonds. The van der Waals surface area contributed by atoms with E-state index >= 15 is 0 Å². The van der Waals surface area contributed by atoms with E-state index in [1.165, 1.54) is 25.0 Å². The molecule has 4 heteroatoms. The van der Waals surface area contributed by atoms with Gasteiger partial charge < -0.3 is 5.32 Å². The molecule has 1 aromatic rings. The number of rotatable bonds is 6. The Kier molecular flexibility index (Phi) is 4.08. The van der Waals surface area contributed by atoms with Crippen LogP contribution in [0.1, 0.15) is 51.4 Å². The Balaban J connectivity index is 1.81. The molecule has 2 fully saturated rings. The number of nitrogens with one attached hydrogen (secondary N) is 1. The summed E-state index contributed by atoms with van der Waals surface area (Å²) in [5, 5.41) is 9.16. The molecule has 1 N–H and O–H groups in total. The van der Waals surface area contributed by atoms with E-state index in [1.54, 1.807) is 0 Å². The summed E-state index contributed by atoms with van der Waals surface area (Å²) in [5.41, 5.74) is 2.62. The molecule has 2 atom stereocenters. The van der Waals surface area contributed by atoms with Crippen LogP contribution in [0, 0.1) is 24.2 Å². The minimum Gasteiger partial charge on any atom is -0.314 e. The lowest BCUT2D eigenvalue weighted by molar-refractivity contribution is 0.236. The van der Waals surface area contributed by atoms with Crippen LogP contribution in [0.2, 0.25) is 5.02 Å². The summed E-state index contributed by atoms with van der Waals surface area (Å²) < 4.78 is 2.11. The Labute approximate surface area is 133 Å². The fraction of sp³-hybridized carbons (Fsp3) is 0.824. The molecule has 118 valence electrons. The molecular formula is C17H28ClN3. The van der Waals surface area contributed by atoms with Crippen LogP contribution in [0.4, 0.5) is 0 Å². The Morgan fingerprint density at radius 3 is 2.62 bits per heavy atom. The number of aryl methyl sites for hydroxylation is 2. The Morgan fingerprint density at radius 1 is 1.38 bits per heavy atom. The molecule has 2 aliphatic rings. The van der Waals surface area contributed by atoms with E-state index in [-0.39, 0.29) is 0 Å². The zero-order valence-electron chi connectivity index (χ0n) is 13.7. The fourth-order valence-corrected chi connectivity index (χ4v) is 4.37. The van der Waals surface area contributed by atoms with Crippen LogP contribution >= 0.6 is 11.6 Å². The van der Waals surface area contributed by atoms with Crippen molar-refractivity contribution in [3.63, 3.8) is 0 Å². The molecule has 1 heterocycles. The second-order valence-electron chi connectivity index (χ2n) is 7.54. The van der Waals surface area contributed by atoms with E-state index in [0.717, 1.165) is 42.1 Å². The lowest BCUT2D eigenvalue weighted by Gasteiger charge is -2.32. The summed E-state index contributed by atoms with van der Waals surface area (Å²) in [6, 6.07) is 0.548. The first-order valence-corrected chi connectivity index (χ1v) is 8.77. The summed E-state index contributed by atoms with van der Waals surface area (Å²) in [7, 11) is 0. The summed E-state index contributed by atoms with van der Waals surface area (Å²) in [6.45, 7) is 10.7. The molecule has 0 bridgehead atoms. The van der Waals surface area contributed by atoms with Gasteiger partial charge in [-0.25, -0.2) is 0 Å². The van der Waals surface area contributed by atoms with Gasteiger partial charge >= 0.3 is 0 Å². The van der Waals surface area contributed by atoms with Gasteiger partial charge in [0.1, 0.15) is 0 Å². The minimum absolute atomic E-state index is 0.390. The van der Waals surface area contributed by atoms with Crippen LogP contribution in [-0.2, 0) is 13.0 Å². The van der Waals surface area contributed by atoms with E-state index in [1.807, 2.05) is 6.92 Å². The van der Waals surface area contributed by atoms with Gasteiger partial charge in [-0.3, -0.25) is 4.68 Å². The van der Waals surface area contributed by atoms with Crippen molar-refractivity contribution in [1.29, 1.82) is 0 Å². The largest absolute Gasteiger partial charge is 0.314 e. The standard InChI is InChI=1S/C17H28ClN3/c1-5-21-15(16(18)12(4)20-21)9-17(10-19-11(2)3)7-13-6-14(13)8-17/h11,13-14,19H,5-10H2,1-4H3. The SMILES string of the molecule is CCn1nc(C)c(Cl)c1CC1(CNC(C)C)CC2CC2C1. The number of hydrogen-bond acceptors (Lipinski definition) is 2. The smallest absolute Gasteiger partial charge is 0.0847 e. The van der Waals surface area contributed by atoms with Gasteiger partial charge in [0.05, 0.1) is 16.4 Å². The van der Waals surface area contributed by atoms with Gasteiger partial charge in [0.2, 0.25) is 0 Å². The first-order chi connectivity index (χ1) is 9.94. The van der Waals surface area contributed by atoms with Crippen LogP contribution in [0.25, 0.3) is 0 Å². The highest BCUT2D eigenvalue weighted by Gasteiger charge is 2.53. The average molecular weight is 310 g/mol. The normalized spacial score (nSPS) is 31.0. The van der Waals surface area contributed by atoms with E-state index in [0.29, 0.717) is 11.5 Å². The fourth-order valence-electron chi connectivity index (χ4n) is 4.17. The predicted octanol–water partition coefficient (Wildman–Crippen LogP) is 3.82. The van der Waals surface area contributed by atoms with E-state index < -0.39 is 0 Å². The van der Waals surface area contributed by atoms with Crippen LogP contribution in [0.15, 0.2) is 0 Å². The Morgan fingerprint density at radius 2 is 2.05 bits per heavy atom. The number of aromatic nitrogens is 2. The van der Waals surface area contributed by atoms with Gasteiger partial charge in [0.25, 0.3) is 0 Å². The monoisotopic (exact) mass is 309 g/mol. The number of halogens is 1. The van der Waals surface area contributed by atoms with Crippen molar-refractivity contribution in [3.8, 4) is 0 Å². The highest BCUT2D eigenvalue weighted by Crippen LogP contribution is 2.60. The third kappa shape index (κ3) is 3.00. The summed E-state index contributed by atoms with van der Waals surface area (Å²) in [5.74, 6) is 1.97. The molecule has 0 radical (unpaired) electrons. The molecule has 2 aliphatic carbocycles. The maximum Gasteiger partial charge on any atom is 0.0847 e. The van der Waals surface area contributed by atoms with Crippen LogP contribution in [-0.4, -0.2) is 22.4 Å². The van der Waals surface area contributed by atoms with Crippen molar-refractivity contribution < 1.29 is 0 Å². The van der Waals surface area contributed by atoms with Gasteiger partial charge in [-0.15, -0.1) is 0 Å². The van der Waals surface area contributed by atoms with E-state index in [9.17, 15) is 0 Å². The van der Waals surface area contributed by atoms with Crippen molar-refractivity contribution in [2.24, 2.45) is 17.3 Å². The molecule has 21 heavy (non-hydrogen) atoms. The van der Waals surface area contributed by atoms with Crippen LogP contribution in [0.3, 0.4) is 0 Å². The van der Waals surface area contributed by atoms with Crippen molar-refractivity contribution in [2.75, 3.05) is 6.54 Å². The highest BCUT2D eigenvalue weighted by molar-refractivity contribution is 6.31. The Hall–Kier alpha value is -0.540.